The molecular formula is C15H16N6OS. The van der Waals surface area contributed by atoms with E-state index in [1.165, 1.54) is 0 Å². The Hall–Kier alpha value is -2.61. The van der Waals surface area contributed by atoms with Crippen LogP contribution in [0.5, 0.6) is 0 Å². The van der Waals surface area contributed by atoms with E-state index >= 15 is 0 Å². The third-order valence-electron chi connectivity index (χ3n) is 3.45. The molecule has 1 aromatic carbocycles. The van der Waals surface area contributed by atoms with Crippen LogP contribution in [0.25, 0.3) is 0 Å². The number of aromatic nitrogens is 5. The van der Waals surface area contributed by atoms with Gasteiger partial charge in [-0.1, -0.05) is 12.1 Å². The van der Waals surface area contributed by atoms with Crippen LogP contribution in [0, 0.1) is 6.92 Å². The van der Waals surface area contributed by atoms with E-state index < -0.39 is 0 Å². The monoisotopic (exact) mass is 328 g/mol. The second-order valence-electron chi connectivity index (χ2n) is 5.17. The Morgan fingerprint density at radius 1 is 1.30 bits per heavy atom. The van der Waals surface area contributed by atoms with Gasteiger partial charge in [0.25, 0.3) is 5.91 Å². The number of tetrazole rings is 1. The maximum atomic E-state index is 12.4. The van der Waals surface area contributed by atoms with Gasteiger partial charge in [-0.05, 0) is 35.0 Å². The van der Waals surface area contributed by atoms with E-state index in [0.29, 0.717) is 18.7 Å². The third kappa shape index (κ3) is 3.59. The van der Waals surface area contributed by atoms with Gasteiger partial charge in [0.2, 0.25) is 0 Å². The highest BCUT2D eigenvalue weighted by Gasteiger charge is 2.13. The maximum absolute atomic E-state index is 12.4. The molecule has 0 fully saturated rings. The summed E-state index contributed by atoms with van der Waals surface area (Å²) in [6.45, 7) is 2.95. The summed E-state index contributed by atoms with van der Waals surface area (Å²) in [5, 5.41) is 14.2. The maximum Gasteiger partial charge on any atom is 0.253 e. The lowest BCUT2D eigenvalue weighted by atomic mass is 10.1. The van der Waals surface area contributed by atoms with Crippen LogP contribution in [0.1, 0.15) is 26.8 Å². The highest BCUT2D eigenvalue weighted by atomic mass is 32.1. The number of hydrogen-bond donors (Lipinski definition) is 0. The van der Waals surface area contributed by atoms with Crippen LogP contribution in [0.2, 0.25) is 0 Å². The summed E-state index contributed by atoms with van der Waals surface area (Å²) in [7, 11) is 1.78. The highest BCUT2D eigenvalue weighted by molar-refractivity contribution is 7.09. The molecule has 7 nitrogen and oxygen atoms in total. The van der Waals surface area contributed by atoms with Crippen molar-refractivity contribution in [3.63, 3.8) is 0 Å². The predicted molar refractivity (Wildman–Crippen MR) is 86.0 cm³/mol. The normalized spacial score (nSPS) is 10.7. The molecule has 1 amide bonds. The van der Waals surface area contributed by atoms with E-state index in [0.717, 1.165) is 16.4 Å². The first kappa shape index (κ1) is 15.3. The van der Waals surface area contributed by atoms with Gasteiger partial charge in [-0.15, -0.1) is 16.4 Å². The summed E-state index contributed by atoms with van der Waals surface area (Å²) >= 11 is 1.54. The zero-order valence-corrected chi connectivity index (χ0v) is 13.7. The number of nitrogens with zero attached hydrogens (tertiary/aromatic N) is 6. The van der Waals surface area contributed by atoms with Gasteiger partial charge in [0, 0.05) is 24.2 Å². The largest absolute Gasteiger partial charge is 0.335 e. The fourth-order valence-corrected chi connectivity index (χ4v) is 2.82. The standard InChI is InChI=1S/C15H16N6OS/c1-11-17-18-19-21(11)9-12-3-5-13(6-4-12)15(22)20(2)10-14-16-7-8-23-14/h3-8H,9-10H2,1-2H3. The van der Waals surface area contributed by atoms with E-state index in [1.54, 1.807) is 34.2 Å². The number of amides is 1. The second kappa shape index (κ2) is 6.66. The SMILES string of the molecule is Cc1nnnn1Cc1ccc(C(=O)N(C)Cc2nccs2)cc1. The van der Waals surface area contributed by atoms with Crippen LogP contribution in [-0.4, -0.2) is 43.0 Å². The summed E-state index contributed by atoms with van der Waals surface area (Å²) in [6.07, 6.45) is 1.74. The average molecular weight is 328 g/mol. The molecule has 3 rings (SSSR count). The topological polar surface area (TPSA) is 76.8 Å². The van der Waals surface area contributed by atoms with Gasteiger partial charge in [0.1, 0.15) is 10.8 Å². The molecule has 8 heteroatoms. The molecule has 0 saturated heterocycles. The van der Waals surface area contributed by atoms with Crippen LogP contribution in [-0.2, 0) is 13.1 Å². The summed E-state index contributed by atoms with van der Waals surface area (Å²) in [6, 6.07) is 7.50. The van der Waals surface area contributed by atoms with Crippen molar-refractivity contribution in [2.24, 2.45) is 0 Å². The molecule has 2 aromatic heterocycles. The molecule has 23 heavy (non-hydrogen) atoms. The minimum Gasteiger partial charge on any atom is -0.335 e. The smallest absolute Gasteiger partial charge is 0.253 e. The lowest BCUT2D eigenvalue weighted by Gasteiger charge is -2.16. The van der Waals surface area contributed by atoms with Gasteiger partial charge in [-0.3, -0.25) is 4.79 Å². The number of rotatable bonds is 5. The summed E-state index contributed by atoms with van der Waals surface area (Å²) in [5.74, 6) is 0.735. The van der Waals surface area contributed by atoms with E-state index in [2.05, 4.69) is 20.5 Å². The van der Waals surface area contributed by atoms with Crippen molar-refractivity contribution in [2.45, 2.75) is 20.0 Å². The lowest BCUT2D eigenvalue weighted by Crippen LogP contribution is -2.26. The Labute approximate surface area is 137 Å². The van der Waals surface area contributed by atoms with Crippen molar-refractivity contribution in [3.05, 3.63) is 57.8 Å². The van der Waals surface area contributed by atoms with E-state index in [9.17, 15) is 4.79 Å². The quantitative estimate of drug-likeness (QED) is 0.713. The Kier molecular flexibility index (Phi) is 4.42. The van der Waals surface area contributed by atoms with Crippen molar-refractivity contribution in [3.8, 4) is 0 Å². The number of aryl methyl sites for hydroxylation is 1. The molecule has 3 aromatic rings. The van der Waals surface area contributed by atoms with Crippen molar-refractivity contribution < 1.29 is 4.79 Å². The Bertz CT molecular complexity index is 781. The molecule has 0 aliphatic rings. The van der Waals surface area contributed by atoms with Gasteiger partial charge in [0.15, 0.2) is 0 Å². The first-order valence-corrected chi connectivity index (χ1v) is 7.97. The molecule has 0 aliphatic heterocycles. The van der Waals surface area contributed by atoms with E-state index in [4.69, 9.17) is 0 Å². The van der Waals surface area contributed by atoms with Gasteiger partial charge in [-0.25, -0.2) is 9.67 Å². The number of benzene rings is 1. The molecule has 0 aliphatic carbocycles. The lowest BCUT2D eigenvalue weighted by molar-refractivity contribution is 0.0785. The van der Waals surface area contributed by atoms with E-state index in [1.807, 2.05) is 36.6 Å². The predicted octanol–water partition coefficient (Wildman–Crippen LogP) is 1.76. The van der Waals surface area contributed by atoms with Gasteiger partial charge in [0.05, 0.1) is 13.1 Å². The highest BCUT2D eigenvalue weighted by Crippen LogP contribution is 2.12. The molecule has 0 unspecified atom stereocenters. The van der Waals surface area contributed by atoms with E-state index in [-0.39, 0.29) is 5.91 Å². The number of hydrogen-bond acceptors (Lipinski definition) is 6. The average Bonchev–Trinajstić information content (AvgIpc) is 3.20. The van der Waals surface area contributed by atoms with Crippen molar-refractivity contribution in [1.29, 1.82) is 0 Å². The van der Waals surface area contributed by atoms with Crippen LogP contribution in [0.3, 0.4) is 0 Å². The summed E-state index contributed by atoms with van der Waals surface area (Å²) in [4.78, 5) is 18.3. The third-order valence-corrected chi connectivity index (χ3v) is 4.21. The summed E-state index contributed by atoms with van der Waals surface area (Å²) in [5.41, 5.74) is 1.70. The van der Waals surface area contributed by atoms with Crippen LogP contribution in [0.15, 0.2) is 35.8 Å². The first-order valence-electron chi connectivity index (χ1n) is 7.09. The second-order valence-corrected chi connectivity index (χ2v) is 6.15. The molecule has 2 heterocycles. The Morgan fingerprint density at radius 2 is 2.09 bits per heavy atom. The number of carbonyl (C=O) groups excluding carboxylic acids is 1. The van der Waals surface area contributed by atoms with Crippen LogP contribution < -0.4 is 0 Å². The molecule has 0 saturated carbocycles. The van der Waals surface area contributed by atoms with Gasteiger partial charge < -0.3 is 4.90 Å². The van der Waals surface area contributed by atoms with Gasteiger partial charge >= 0.3 is 0 Å². The fraction of sp³-hybridized carbons (Fsp3) is 0.267. The van der Waals surface area contributed by atoms with Crippen molar-refractivity contribution >= 4 is 17.2 Å². The molecule has 0 spiro atoms. The Morgan fingerprint density at radius 3 is 2.70 bits per heavy atom. The minimum atomic E-state index is -0.0228. The number of carbonyl (C=O) groups is 1. The first-order chi connectivity index (χ1) is 11.1. The molecule has 118 valence electrons. The summed E-state index contributed by atoms with van der Waals surface area (Å²) < 4.78 is 1.71. The zero-order valence-electron chi connectivity index (χ0n) is 12.9. The number of thiazole rings is 1. The fourth-order valence-electron chi connectivity index (χ4n) is 2.15. The van der Waals surface area contributed by atoms with Crippen LogP contribution >= 0.6 is 11.3 Å². The molecule has 0 atom stereocenters. The van der Waals surface area contributed by atoms with Crippen molar-refractivity contribution in [2.75, 3.05) is 7.05 Å². The van der Waals surface area contributed by atoms with Crippen LogP contribution in [0.4, 0.5) is 0 Å². The Balaban J connectivity index is 1.66. The van der Waals surface area contributed by atoms with Gasteiger partial charge in [-0.2, -0.15) is 0 Å². The molecular weight excluding hydrogens is 312 g/mol. The van der Waals surface area contributed by atoms with Crippen molar-refractivity contribution in [1.82, 2.24) is 30.1 Å². The minimum absolute atomic E-state index is 0.0228. The molecule has 0 N–H and O–H groups in total. The molecule has 0 radical (unpaired) electrons. The molecule has 0 bridgehead atoms. The zero-order chi connectivity index (χ0) is 16.2.